The van der Waals surface area contributed by atoms with Gasteiger partial charge in [-0.15, -0.1) is 0 Å². The Balaban J connectivity index is 1.29. The lowest BCUT2D eigenvalue weighted by Crippen LogP contribution is -2.42. The van der Waals surface area contributed by atoms with Gasteiger partial charge in [0.05, 0.1) is 17.7 Å². The molecule has 2 aromatic carbocycles. The maximum atomic E-state index is 16.0. The lowest BCUT2D eigenvalue weighted by atomic mass is 10.0. The largest absolute Gasteiger partial charge is 0.491 e. The normalized spacial score (nSPS) is 17.2. The molecule has 2 amide bonds. The summed E-state index contributed by atoms with van der Waals surface area (Å²) in [6, 6.07) is 12.1. The van der Waals surface area contributed by atoms with E-state index in [9.17, 15) is 14.4 Å². The molecule has 2 heterocycles. The zero-order valence-electron chi connectivity index (χ0n) is 26.7. The van der Waals surface area contributed by atoms with Crippen LogP contribution in [0.4, 0.5) is 19.7 Å². The average Bonchev–Trinajstić information content (AvgIpc) is 3.69. The number of rotatable bonds is 10. The number of amides is 2. The minimum absolute atomic E-state index is 0.0662. The Kier molecular flexibility index (Phi) is 9.55. The Morgan fingerprint density at radius 2 is 1.82 bits per heavy atom. The number of hydrogen-bond acceptors (Lipinski definition) is 7. The van der Waals surface area contributed by atoms with Crippen LogP contribution in [0.2, 0.25) is 0 Å². The summed E-state index contributed by atoms with van der Waals surface area (Å²) in [5.74, 6) is -0.0320. The van der Waals surface area contributed by atoms with E-state index in [4.69, 9.17) is 14.2 Å². The first-order valence-corrected chi connectivity index (χ1v) is 15.6. The lowest BCUT2D eigenvalue weighted by molar-refractivity contribution is 0.0494. The smallest absolute Gasteiger partial charge is 0.407 e. The first kappa shape index (κ1) is 32.1. The first-order valence-electron chi connectivity index (χ1n) is 15.6. The Morgan fingerprint density at radius 1 is 1.09 bits per heavy atom. The zero-order valence-corrected chi connectivity index (χ0v) is 26.7. The fourth-order valence-electron chi connectivity index (χ4n) is 5.93. The van der Waals surface area contributed by atoms with Gasteiger partial charge in [-0.3, -0.25) is 4.79 Å². The highest BCUT2D eigenvalue weighted by Gasteiger charge is 2.34. The molecule has 3 aromatic rings. The van der Waals surface area contributed by atoms with Crippen LogP contribution in [0, 0.1) is 18.7 Å². The van der Waals surface area contributed by atoms with E-state index in [2.05, 4.69) is 10.6 Å². The molecule has 5 rings (SSSR count). The number of aryl methyl sites for hydroxylation is 1. The zero-order chi connectivity index (χ0) is 32.3. The summed E-state index contributed by atoms with van der Waals surface area (Å²) in [4.78, 5) is 39.8. The summed E-state index contributed by atoms with van der Waals surface area (Å²) in [5.41, 5.74) is 1.88. The summed E-state index contributed by atoms with van der Waals surface area (Å²) in [7, 11) is 0. The Labute approximate surface area is 262 Å². The molecule has 1 aliphatic heterocycles. The van der Waals surface area contributed by atoms with Gasteiger partial charge >= 0.3 is 12.2 Å². The molecule has 1 aromatic heterocycles. The molecule has 1 saturated heterocycles. The molecule has 242 valence electrons. The number of nitrogens with zero attached hydrogens (tertiary/aromatic N) is 2. The summed E-state index contributed by atoms with van der Waals surface area (Å²) in [6.45, 7) is 10.8. The number of alkyl carbamates (subject to hydrolysis) is 2. The standard InChI is InChI=1S/C34H43FN4O6/c1-21-30-26(17-27(35)31(21)38-15-13-24(19-38)22(2)37-33(42)45-34(3,4)5)28(18-29(40)39(30)25-11-12-25)43-16-14-36-32(41)44-20-23-9-7-6-8-10-23/h6-10,17-18,22,24-25H,11-16,19-20H2,1-5H3,(H,36,41)(H,37,42)/t22-,24+/m0/s1. The Hall–Kier alpha value is -4.28. The molecule has 2 fully saturated rings. The number of aromatic nitrogens is 1. The molecular formula is C34H43FN4O6. The quantitative estimate of drug-likeness (QED) is 0.274. The third kappa shape index (κ3) is 7.87. The number of hydrogen-bond donors (Lipinski definition) is 2. The number of ether oxygens (including phenoxy) is 3. The highest BCUT2D eigenvalue weighted by molar-refractivity contribution is 5.92. The van der Waals surface area contributed by atoms with Crippen LogP contribution in [0.5, 0.6) is 5.75 Å². The van der Waals surface area contributed by atoms with E-state index in [1.807, 2.05) is 69.9 Å². The minimum atomic E-state index is -0.596. The molecular weight excluding hydrogens is 579 g/mol. The average molecular weight is 623 g/mol. The van der Waals surface area contributed by atoms with Crippen LogP contribution >= 0.6 is 0 Å². The lowest BCUT2D eigenvalue weighted by Gasteiger charge is -2.27. The summed E-state index contributed by atoms with van der Waals surface area (Å²) < 4.78 is 34.3. The molecule has 0 unspecified atom stereocenters. The molecule has 45 heavy (non-hydrogen) atoms. The van der Waals surface area contributed by atoms with Crippen molar-refractivity contribution in [2.24, 2.45) is 5.92 Å². The molecule has 0 radical (unpaired) electrons. The molecule has 1 saturated carbocycles. The van der Waals surface area contributed by atoms with Crippen molar-refractivity contribution in [2.75, 3.05) is 31.1 Å². The fraction of sp³-hybridized carbons (Fsp3) is 0.500. The van der Waals surface area contributed by atoms with Crippen LogP contribution in [-0.2, 0) is 16.1 Å². The minimum Gasteiger partial charge on any atom is -0.491 e. The number of halogens is 1. The van der Waals surface area contributed by atoms with Crippen molar-refractivity contribution >= 4 is 28.8 Å². The van der Waals surface area contributed by atoms with Crippen LogP contribution in [0.25, 0.3) is 10.9 Å². The molecule has 2 N–H and O–H groups in total. The van der Waals surface area contributed by atoms with Gasteiger partial charge < -0.3 is 34.3 Å². The van der Waals surface area contributed by atoms with Gasteiger partial charge in [-0.25, -0.2) is 14.0 Å². The molecule has 11 heteroatoms. The third-order valence-corrected chi connectivity index (χ3v) is 8.21. The maximum absolute atomic E-state index is 16.0. The molecule has 10 nitrogen and oxygen atoms in total. The highest BCUT2D eigenvalue weighted by Crippen LogP contribution is 2.42. The summed E-state index contributed by atoms with van der Waals surface area (Å²) in [6.07, 6.45) is 1.49. The maximum Gasteiger partial charge on any atom is 0.407 e. The van der Waals surface area contributed by atoms with Crippen molar-refractivity contribution in [3.63, 3.8) is 0 Å². The van der Waals surface area contributed by atoms with Crippen molar-refractivity contribution in [3.8, 4) is 5.75 Å². The second kappa shape index (κ2) is 13.4. The SMILES string of the molecule is Cc1c(N2CC[C@@H]([C@H](C)NC(=O)OC(C)(C)C)C2)c(F)cc2c(OCCNC(=O)OCc3ccccc3)cc(=O)n(C3CC3)c12. The van der Waals surface area contributed by atoms with E-state index in [-0.39, 0.29) is 49.1 Å². The fourth-order valence-corrected chi connectivity index (χ4v) is 5.93. The van der Waals surface area contributed by atoms with E-state index >= 15 is 4.39 Å². The molecule has 2 aliphatic rings. The molecule has 0 bridgehead atoms. The van der Waals surface area contributed by atoms with Gasteiger partial charge in [0.1, 0.15) is 30.4 Å². The topological polar surface area (TPSA) is 111 Å². The molecule has 1 aliphatic carbocycles. The second-order valence-corrected chi connectivity index (χ2v) is 12.9. The van der Waals surface area contributed by atoms with Crippen molar-refractivity contribution < 1.29 is 28.2 Å². The van der Waals surface area contributed by atoms with Crippen LogP contribution in [0.1, 0.15) is 64.1 Å². The predicted molar refractivity (Wildman–Crippen MR) is 170 cm³/mol. The van der Waals surface area contributed by atoms with Gasteiger partial charge in [0.25, 0.3) is 5.56 Å². The van der Waals surface area contributed by atoms with E-state index in [0.29, 0.717) is 35.2 Å². The number of nitrogens with one attached hydrogen (secondary N) is 2. The highest BCUT2D eigenvalue weighted by atomic mass is 19.1. The Bertz CT molecular complexity index is 1600. The Morgan fingerprint density at radius 3 is 2.51 bits per heavy atom. The van der Waals surface area contributed by atoms with Crippen molar-refractivity contribution in [3.05, 3.63) is 69.8 Å². The van der Waals surface area contributed by atoms with E-state index in [1.54, 1.807) is 4.57 Å². The summed E-state index contributed by atoms with van der Waals surface area (Å²) in [5, 5.41) is 6.09. The molecule has 0 spiro atoms. The number of pyridine rings is 1. The van der Waals surface area contributed by atoms with Crippen LogP contribution in [0.3, 0.4) is 0 Å². The monoisotopic (exact) mass is 622 g/mol. The number of anilines is 1. The number of benzene rings is 2. The van der Waals surface area contributed by atoms with Gasteiger partial charge in [-0.05, 0) is 77.0 Å². The van der Waals surface area contributed by atoms with E-state index in [1.165, 1.54) is 12.1 Å². The van der Waals surface area contributed by atoms with E-state index in [0.717, 1.165) is 24.8 Å². The van der Waals surface area contributed by atoms with Crippen LogP contribution in [-0.4, -0.2) is 54.6 Å². The first-order chi connectivity index (χ1) is 21.4. The number of carbonyl (C=O) groups is 2. The molecule has 2 atom stereocenters. The van der Waals surface area contributed by atoms with Crippen molar-refractivity contribution in [1.82, 2.24) is 15.2 Å². The van der Waals surface area contributed by atoms with Crippen LogP contribution in [0.15, 0.2) is 47.3 Å². The van der Waals surface area contributed by atoms with Crippen molar-refractivity contribution in [2.45, 2.75) is 78.2 Å². The van der Waals surface area contributed by atoms with Gasteiger partial charge in [-0.2, -0.15) is 0 Å². The van der Waals surface area contributed by atoms with Crippen LogP contribution < -0.4 is 25.8 Å². The third-order valence-electron chi connectivity index (χ3n) is 8.21. The van der Waals surface area contributed by atoms with Crippen molar-refractivity contribution in [1.29, 1.82) is 0 Å². The van der Waals surface area contributed by atoms with Gasteiger partial charge in [0.15, 0.2) is 0 Å². The second-order valence-electron chi connectivity index (χ2n) is 12.9. The van der Waals surface area contributed by atoms with Gasteiger partial charge in [-0.1, -0.05) is 30.3 Å². The van der Waals surface area contributed by atoms with E-state index < -0.39 is 23.6 Å². The van der Waals surface area contributed by atoms with Gasteiger partial charge in [0, 0.05) is 36.6 Å². The summed E-state index contributed by atoms with van der Waals surface area (Å²) >= 11 is 0. The number of fused-ring (bicyclic) bond motifs is 1. The number of carbonyl (C=O) groups excluding carboxylic acids is 2. The predicted octanol–water partition coefficient (Wildman–Crippen LogP) is 5.83. The van der Waals surface area contributed by atoms with Gasteiger partial charge in [0.2, 0.25) is 0 Å².